The van der Waals surface area contributed by atoms with Crippen molar-refractivity contribution in [3.63, 3.8) is 0 Å². The molecular weight excluding hydrogens is 638 g/mol. The van der Waals surface area contributed by atoms with E-state index in [1.807, 2.05) is 42.7 Å². The Labute approximate surface area is 295 Å². The van der Waals surface area contributed by atoms with E-state index >= 15 is 0 Å². The van der Waals surface area contributed by atoms with Gasteiger partial charge in [-0.25, -0.2) is 9.78 Å². The van der Waals surface area contributed by atoms with Crippen molar-refractivity contribution in [2.45, 2.75) is 104 Å². The van der Waals surface area contributed by atoms with Crippen molar-refractivity contribution in [3.05, 3.63) is 57.9 Å². The van der Waals surface area contributed by atoms with E-state index in [2.05, 4.69) is 50.5 Å². The van der Waals surface area contributed by atoms with Gasteiger partial charge in [0.05, 0.1) is 28.4 Å². The predicted octanol–water partition coefficient (Wildman–Crippen LogP) is 6.91. The van der Waals surface area contributed by atoms with Gasteiger partial charge in [-0.1, -0.05) is 45.2 Å². The number of ether oxygens (including phenoxy) is 2. The van der Waals surface area contributed by atoms with Gasteiger partial charge in [-0.05, 0) is 89.7 Å². The molecular formula is C39H48ClN5O4. The highest BCUT2D eigenvalue weighted by atomic mass is 35.5. The number of amides is 2. The second-order valence-corrected chi connectivity index (χ2v) is 16.6. The van der Waals surface area contributed by atoms with E-state index in [4.69, 9.17) is 26.1 Å². The summed E-state index contributed by atoms with van der Waals surface area (Å²) >= 11 is 6.27. The zero-order chi connectivity index (χ0) is 35.3. The maximum atomic E-state index is 13.7. The van der Waals surface area contributed by atoms with Crippen molar-refractivity contribution in [3.8, 4) is 23.7 Å². The average Bonchev–Trinajstić information content (AvgIpc) is 3.35. The number of hydrogen-bond acceptors (Lipinski definition) is 7. The summed E-state index contributed by atoms with van der Waals surface area (Å²) in [6.45, 7) is 18.2. The molecule has 0 N–H and O–H groups in total. The highest BCUT2D eigenvalue weighted by Crippen LogP contribution is 2.59. The molecule has 260 valence electrons. The first-order valence-electron chi connectivity index (χ1n) is 17.5. The number of rotatable bonds is 4. The van der Waals surface area contributed by atoms with Gasteiger partial charge < -0.3 is 24.2 Å². The summed E-state index contributed by atoms with van der Waals surface area (Å²) in [7, 11) is 0. The van der Waals surface area contributed by atoms with Gasteiger partial charge >= 0.3 is 6.09 Å². The number of nitrogens with zero attached hydrogens (tertiary/aromatic N) is 5. The molecule has 49 heavy (non-hydrogen) atoms. The Kier molecular flexibility index (Phi) is 9.41. The Bertz CT molecular complexity index is 1700. The Balaban J connectivity index is 1.03. The van der Waals surface area contributed by atoms with Crippen LogP contribution in [0.3, 0.4) is 0 Å². The highest BCUT2D eigenvalue weighted by molar-refractivity contribution is 6.31. The van der Waals surface area contributed by atoms with Gasteiger partial charge in [0.15, 0.2) is 0 Å². The molecule has 4 heterocycles. The first kappa shape index (κ1) is 35.1. The lowest BCUT2D eigenvalue weighted by Crippen LogP contribution is -2.74. The van der Waals surface area contributed by atoms with Gasteiger partial charge in [-0.2, -0.15) is 5.26 Å². The molecule has 2 aromatic rings. The van der Waals surface area contributed by atoms with Gasteiger partial charge in [0.25, 0.3) is 5.91 Å². The number of carbonyl (C=O) groups is 2. The van der Waals surface area contributed by atoms with E-state index in [-0.39, 0.29) is 35.0 Å². The maximum Gasteiger partial charge on any atom is 0.410 e. The minimum Gasteiger partial charge on any atom is -0.489 e. The SMILES string of the molecule is CC(C)(C)OC(=O)N1CCC(N2CCC(C#Cc3ccc4c(n3)CN([C@H]3C(C)(C)[C@H](Oc5ccc(C#N)c(Cl)c5)C3(C)C)C4=O)CC2)CC1. The number of nitriles is 1. The van der Waals surface area contributed by atoms with Crippen molar-refractivity contribution < 1.29 is 19.1 Å². The van der Waals surface area contributed by atoms with Crippen LogP contribution in [0.2, 0.25) is 5.02 Å². The van der Waals surface area contributed by atoms with Gasteiger partial charge in [0.1, 0.15) is 29.2 Å². The number of carbonyl (C=O) groups excluding carboxylic acids is 2. The predicted molar refractivity (Wildman–Crippen MR) is 188 cm³/mol. The monoisotopic (exact) mass is 685 g/mol. The molecule has 6 rings (SSSR count). The van der Waals surface area contributed by atoms with Crippen molar-refractivity contribution in [2.24, 2.45) is 16.7 Å². The minimum absolute atomic E-state index is 0.00248. The van der Waals surface area contributed by atoms with E-state index in [1.165, 1.54) is 0 Å². The standard InChI is InChI=1S/C39H48ClN5O4/c1-37(2,3)49-36(47)44-20-16-28(17-21-44)43-18-14-25(15-19-43)8-10-27-11-13-30-32(42-27)24-45(33(30)46)34-38(4,5)35(39(34,6)7)48-29-12-9-26(23-41)31(40)22-29/h9,11-13,22,25,28,34-35H,14-21,24H2,1-7H3/t34-,35-. The van der Waals surface area contributed by atoms with Gasteiger partial charge in [0, 0.05) is 48.0 Å². The van der Waals surface area contributed by atoms with Crippen LogP contribution in [0.5, 0.6) is 5.75 Å². The molecule has 9 nitrogen and oxygen atoms in total. The molecule has 4 aliphatic rings. The second kappa shape index (κ2) is 13.2. The molecule has 0 bridgehead atoms. The summed E-state index contributed by atoms with van der Waals surface area (Å²) < 4.78 is 12.0. The van der Waals surface area contributed by atoms with Crippen LogP contribution in [0.4, 0.5) is 4.79 Å². The molecule has 1 aromatic carbocycles. The maximum absolute atomic E-state index is 13.7. The fraction of sp³-hybridized carbons (Fsp3) is 0.590. The lowest BCUT2D eigenvalue weighted by molar-refractivity contribution is -0.199. The smallest absolute Gasteiger partial charge is 0.410 e. The number of benzene rings is 1. The third kappa shape index (κ3) is 6.98. The molecule has 1 aliphatic carbocycles. The summed E-state index contributed by atoms with van der Waals surface area (Å²) in [5.74, 6) is 7.72. The molecule has 0 spiro atoms. The van der Waals surface area contributed by atoms with Gasteiger partial charge in [-0.15, -0.1) is 0 Å². The molecule has 2 saturated heterocycles. The number of aromatic nitrogens is 1. The van der Waals surface area contributed by atoms with E-state index < -0.39 is 5.60 Å². The lowest BCUT2D eigenvalue weighted by atomic mass is 9.49. The molecule has 10 heteroatoms. The van der Waals surface area contributed by atoms with E-state index in [0.717, 1.165) is 57.6 Å². The van der Waals surface area contributed by atoms with Gasteiger partial charge in [-0.3, -0.25) is 4.79 Å². The van der Waals surface area contributed by atoms with Crippen molar-refractivity contribution >= 4 is 23.6 Å². The number of halogens is 1. The third-order valence-corrected chi connectivity index (χ3v) is 11.1. The zero-order valence-electron chi connectivity index (χ0n) is 29.8. The summed E-state index contributed by atoms with van der Waals surface area (Å²) in [5, 5.41) is 9.59. The quantitative estimate of drug-likeness (QED) is 0.323. The Hall–Kier alpha value is -3.79. The Morgan fingerprint density at radius 3 is 2.29 bits per heavy atom. The number of hydrogen-bond donors (Lipinski definition) is 0. The fourth-order valence-electron chi connectivity index (χ4n) is 8.82. The number of fused-ring (bicyclic) bond motifs is 1. The van der Waals surface area contributed by atoms with Crippen LogP contribution in [0.1, 0.15) is 101 Å². The van der Waals surface area contributed by atoms with E-state index in [0.29, 0.717) is 46.1 Å². The summed E-state index contributed by atoms with van der Waals surface area (Å²) in [6.07, 6.45) is 3.59. The van der Waals surface area contributed by atoms with Crippen LogP contribution in [0, 0.1) is 39.9 Å². The minimum atomic E-state index is -0.472. The van der Waals surface area contributed by atoms with Gasteiger partial charge in [0.2, 0.25) is 0 Å². The molecule has 2 amide bonds. The Morgan fingerprint density at radius 1 is 1.00 bits per heavy atom. The van der Waals surface area contributed by atoms with Crippen LogP contribution < -0.4 is 4.74 Å². The summed E-state index contributed by atoms with van der Waals surface area (Å²) in [5.41, 5.74) is 1.39. The first-order chi connectivity index (χ1) is 23.1. The fourth-order valence-corrected chi connectivity index (χ4v) is 9.03. The van der Waals surface area contributed by atoms with Crippen LogP contribution in [0.25, 0.3) is 0 Å². The Morgan fingerprint density at radius 2 is 1.67 bits per heavy atom. The van der Waals surface area contributed by atoms with E-state index in [9.17, 15) is 14.9 Å². The van der Waals surface area contributed by atoms with E-state index in [1.54, 1.807) is 18.2 Å². The number of piperidine rings is 2. The second-order valence-electron chi connectivity index (χ2n) is 16.2. The first-order valence-corrected chi connectivity index (χ1v) is 17.9. The third-order valence-electron chi connectivity index (χ3n) is 10.7. The molecule has 0 unspecified atom stereocenters. The zero-order valence-corrected chi connectivity index (χ0v) is 30.6. The molecule has 1 aromatic heterocycles. The highest BCUT2D eigenvalue weighted by Gasteiger charge is 2.67. The number of pyridine rings is 1. The summed E-state index contributed by atoms with van der Waals surface area (Å²) in [6, 6.07) is 11.4. The van der Waals surface area contributed by atoms with Crippen molar-refractivity contribution in [1.29, 1.82) is 5.26 Å². The lowest BCUT2D eigenvalue weighted by Gasteiger charge is -2.65. The molecule has 3 fully saturated rings. The normalized spacial score (nSPS) is 23.9. The average molecular weight is 686 g/mol. The molecule has 0 atom stereocenters. The largest absolute Gasteiger partial charge is 0.489 e. The van der Waals surface area contributed by atoms with Crippen LogP contribution >= 0.6 is 11.6 Å². The molecule has 1 saturated carbocycles. The van der Waals surface area contributed by atoms with Crippen molar-refractivity contribution in [1.82, 2.24) is 19.7 Å². The molecule has 0 radical (unpaired) electrons. The molecule has 3 aliphatic heterocycles. The topological polar surface area (TPSA) is 99.0 Å². The van der Waals surface area contributed by atoms with Crippen molar-refractivity contribution in [2.75, 3.05) is 26.2 Å². The number of likely N-dealkylation sites (tertiary alicyclic amines) is 2. The van der Waals surface area contributed by atoms with Crippen LogP contribution in [-0.2, 0) is 11.3 Å². The van der Waals surface area contributed by atoms with Crippen LogP contribution in [0.15, 0.2) is 30.3 Å². The summed E-state index contributed by atoms with van der Waals surface area (Å²) in [4.78, 5) is 37.4. The van der Waals surface area contributed by atoms with Crippen LogP contribution in [-0.4, -0.2) is 81.7 Å².